The van der Waals surface area contributed by atoms with Gasteiger partial charge in [-0.05, 0) is 41.8 Å². The maximum absolute atomic E-state index is 9.74. The highest BCUT2D eigenvalue weighted by Crippen LogP contribution is 2.38. The summed E-state index contributed by atoms with van der Waals surface area (Å²) in [6.07, 6.45) is 3.84. The van der Waals surface area contributed by atoms with Crippen LogP contribution in [0.2, 0.25) is 0 Å². The fourth-order valence-corrected chi connectivity index (χ4v) is 2.12. The van der Waals surface area contributed by atoms with Gasteiger partial charge >= 0.3 is 0 Å². The maximum atomic E-state index is 9.74. The molecule has 0 radical (unpaired) electrons. The average molecular weight is 300 g/mol. The quantitative estimate of drug-likeness (QED) is 0.851. The zero-order chi connectivity index (χ0) is 16.1. The van der Waals surface area contributed by atoms with E-state index in [9.17, 15) is 5.11 Å². The van der Waals surface area contributed by atoms with Crippen molar-refractivity contribution in [2.75, 3.05) is 21.3 Å². The molecule has 0 aliphatic rings. The van der Waals surface area contributed by atoms with Crippen molar-refractivity contribution in [3.8, 4) is 23.0 Å². The minimum absolute atomic E-state index is 0.284. The van der Waals surface area contributed by atoms with E-state index in [-0.39, 0.29) is 5.75 Å². The number of phenols is 1. The molecule has 0 heterocycles. The van der Waals surface area contributed by atoms with E-state index in [0.717, 1.165) is 16.7 Å². The first kappa shape index (κ1) is 15.8. The molecule has 22 heavy (non-hydrogen) atoms. The summed E-state index contributed by atoms with van der Waals surface area (Å²) in [4.78, 5) is 0. The molecule has 0 saturated heterocycles. The van der Waals surface area contributed by atoms with Crippen LogP contribution in [0.1, 0.15) is 16.7 Å². The van der Waals surface area contributed by atoms with Gasteiger partial charge in [0.05, 0.1) is 21.3 Å². The van der Waals surface area contributed by atoms with E-state index in [0.29, 0.717) is 17.2 Å². The third-order valence-corrected chi connectivity index (χ3v) is 3.39. The van der Waals surface area contributed by atoms with E-state index in [1.165, 1.54) is 0 Å². The number of aromatic hydroxyl groups is 1. The van der Waals surface area contributed by atoms with Gasteiger partial charge in [0.2, 0.25) is 5.75 Å². The second-order valence-corrected chi connectivity index (χ2v) is 4.84. The van der Waals surface area contributed by atoms with Gasteiger partial charge < -0.3 is 19.3 Å². The zero-order valence-corrected chi connectivity index (χ0v) is 13.2. The summed E-state index contributed by atoms with van der Waals surface area (Å²) in [5.41, 5.74) is 2.68. The monoisotopic (exact) mass is 300 g/mol. The molecule has 2 aromatic carbocycles. The number of hydrogen-bond donors (Lipinski definition) is 1. The van der Waals surface area contributed by atoms with Crippen molar-refractivity contribution in [3.05, 3.63) is 47.0 Å². The molecule has 2 aromatic rings. The molecular weight excluding hydrogens is 280 g/mol. The van der Waals surface area contributed by atoms with Gasteiger partial charge in [-0.15, -0.1) is 0 Å². The van der Waals surface area contributed by atoms with Gasteiger partial charge in [-0.2, -0.15) is 0 Å². The standard InChI is InChI=1S/C18H20O4/c1-12-5-6-13(9-15(12)19)7-8-14-10-16(20-2)18(22-4)17(11-14)21-3/h5-11,19H,1-4H3/b8-7-. The molecule has 4 heteroatoms. The number of hydrogen-bond acceptors (Lipinski definition) is 4. The third-order valence-electron chi connectivity index (χ3n) is 3.39. The predicted molar refractivity (Wildman–Crippen MR) is 87.9 cm³/mol. The predicted octanol–water partition coefficient (Wildman–Crippen LogP) is 3.90. The number of aryl methyl sites for hydroxylation is 1. The Hall–Kier alpha value is -2.62. The zero-order valence-electron chi connectivity index (χ0n) is 13.2. The van der Waals surface area contributed by atoms with Gasteiger partial charge in [0.25, 0.3) is 0 Å². The average Bonchev–Trinajstić information content (AvgIpc) is 2.54. The van der Waals surface area contributed by atoms with Crippen molar-refractivity contribution in [1.82, 2.24) is 0 Å². The third kappa shape index (κ3) is 3.34. The van der Waals surface area contributed by atoms with E-state index < -0.39 is 0 Å². The van der Waals surface area contributed by atoms with Crippen molar-refractivity contribution in [3.63, 3.8) is 0 Å². The van der Waals surface area contributed by atoms with Crippen LogP contribution < -0.4 is 14.2 Å². The molecule has 116 valence electrons. The Kier molecular flexibility index (Phi) is 4.94. The lowest BCUT2D eigenvalue weighted by Gasteiger charge is -2.12. The molecule has 0 aliphatic carbocycles. The summed E-state index contributed by atoms with van der Waals surface area (Å²) >= 11 is 0. The smallest absolute Gasteiger partial charge is 0.203 e. The highest BCUT2D eigenvalue weighted by molar-refractivity contribution is 5.73. The lowest BCUT2D eigenvalue weighted by Crippen LogP contribution is -1.95. The van der Waals surface area contributed by atoms with Gasteiger partial charge in [0, 0.05) is 0 Å². The lowest BCUT2D eigenvalue weighted by molar-refractivity contribution is 0.324. The minimum atomic E-state index is 0.284. The molecule has 0 unspecified atom stereocenters. The Morgan fingerprint density at radius 2 is 1.41 bits per heavy atom. The Balaban J connectivity index is 2.36. The van der Waals surface area contributed by atoms with E-state index in [1.54, 1.807) is 27.4 Å². The van der Waals surface area contributed by atoms with Crippen LogP contribution in [0.25, 0.3) is 12.2 Å². The maximum Gasteiger partial charge on any atom is 0.203 e. The molecule has 0 aromatic heterocycles. The van der Waals surface area contributed by atoms with Gasteiger partial charge in [-0.1, -0.05) is 24.3 Å². The topological polar surface area (TPSA) is 47.9 Å². The number of methoxy groups -OCH3 is 3. The van der Waals surface area contributed by atoms with Gasteiger partial charge in [0.15, 0.2) is 11.5 Å². The van der Waals surface area contributed by atoms with Gasteiger partial charge in [0.1, 0.15) is 5.75 Å². The van der Waals surface area contributed by atoms with Crippen molar-refractivity contribution < 1.29 is 19.3 Å². The first-order chi connectivity index (χ1) is 10.6. The molecule has 0 amide bonds. The number of benzene rings is 2. The van der Waals surface area contributed by atoms with E-state index >= 15 is 0 Å². The Morgan fingerprint density at radius 1 is 0.818 bits per heavy atom. The second kappa shape index (κ2) is 6.89. The van der Waals surface area contributed by atoms with Gasteiger partial charge in [-0.25, -0.2) is 0 Å². The number of rotatable bonds is 5. The van der Waals surface area contributed by atoms with Crippen LogP contribution in [0.15, 0.2) is 30.3 Å². The first-order valence-electron chi connectivity index (χ1n) is 6.86. The molecule has 2 rings (SSSR count). The Morgan fingerprint density at radius 3 is 1.91 bits per heavy atom. The van der Waals surface area contributed by atoms with Crippen LogP contribution in [-0.2, 0) is 0 Å². The minimum Gasteiger partial charge on any atom is -0.508 e. The van der Waals surface area contributed by atoms with Crippen LogP contribution in [0.3, 0.4) is 0 Å². The summed E-state index contributed by atoms with van der Waals surface area (Å²) in [7, 11) is 4.75. The highest BCUT2D eigenvalue weighted by atomic mass is 16.5. The molecule has 1 N–H and O–H groups in total. The molecule has 0 saturated carbocycles. The summed E-state index contributed by atoms with van der Waals surface area (Å²) < 4.78 is 16.0. The van der Waals surface area contributed by atoms with Crippen molar-refractivity contribution >= 4 is 12.2 Å². The second-order valence-electron chi connectivity index (χ2n) is 4.84. The fraction of sp³-hybridized carbons (Fsp3) is 0.222. The number of phenolic OH excluding ortho intramolecular Hbond substituents is 1. The van der Waals surface area contributed by atoms with Crippen LogP contribution in [-0.4, -0.2) is 26.4 Å². The van der Waals surface area contributed by atoms with E-state index in [4.69, 9.17) is 14.2 Å². The Labute approximate surface area is 130 Å². The van der Waals surface area contributed by atoms with E-state index in [2.05, 4.69) is 0 Å². The SMILES string of the molecule is COc1cc(/C=C\c2ccc(C)c(O)c2)cc(OC)c1OC. The molecule has 0 bridgehead atoms. The lowest BCUT2D eigenvalue weighted by atomic mass is 10.1. The van der Waals surface area contributed by atoms with Crippen LogP contribution >= 0.6 is 0 Å². The number of ether oxygens (including phenoxy) is 3. The molecule has 0 aliphatic heterocycles. The van der Waals surface area contributed by atoms with Crippen molar-refractivity contribution in [2.45, 2.75) is 6.92 Å². The summed E-state index contributed by atoms with van der Waals surface area (Å²) in [5, 5.41) is 9.74. The Bertz CT molecular complexity index is 664. The molecule has 4 nitrogen and oxygen atoms in total. The largest absolute Gasteiger partial charge is 0.508 e. The van der Waals surface area contributed by atoms with Gasteiger partial charge in [-0.3, -0.25) is 0 Å². The molecule has 0 fully saturated rings. The normalized spacial score (nSPS) is 10.7. The van der Waals surface area contributed by atoms with Crippen molar-refractivity contribution in [1.29, 1.82) is 0 Å². The summed E-state index contributed by atoms with van der Waals surface area (Å²) in [6.45, 7) is 1.86. The highest BCUT2D eigenvalue weighted by Gasteiger charge is 2.11. The first-order valence-corrected chi connectivity index (χ1v) is 6.86. The van der Waals surface area contributed by atoms with Crippen LogP contribution in [0.4, 0.5) is 0 Å². The summed E-state index contributed by atoms with van der Waals surface area (Å²) in [5.74, 6) is 2.06. The van der Waals surface area contributed by atoms with E-state index in [1.807, 2.05) is 43.3 Å². The fourth-order valence-electron chi connectivity index (χ4n) is 2.12. The molecule has 0 spiro atoms. The van der Waals surface area contributed by atoms with Crippen LogP contribution in [0.5, 0.6) is 23.0 Å². The molecular formula is C18H20O4. The molecule has 0 atom stereocenters. The summed E-state index contributed by atoms with van der Waals surface area (Å²) in [6, 6.07) is 9.29. The van der Waals surface area contributed by atoms with Crippen LogP contribution in [0, 0.1) is 6.92 Å². The van der Waals surface area contributed by atoms with Crippen molar-refractivity contribution in [2.24, 2.45) is 0 Å².